The third kappa shape index (κ3) is 17.5. The Hall–Kier alpha value is -12.2. The fourth-order valence-corrected chi connectivity index (χ4v) is 16.5. The van der Waals surface area contributed by atoms with E-state index in [0.717, 1.165) is 155 Å². The van der Waals surface area contributed by atoms with Crippen LogP contribution in [0, 0.1) is 29.6 Å². The molecule has 5 aliphatic carbocycles. The lowest BCUT2D eigenvalue weighted by Crippen LogP contribution is -2.19. The summed E-state index contributed by atoms with van der Waals surface area (Å²) in [6.45, 7) is 6.02. The van der Waals surface area contributed by atoms with Crippen molar-refractivity contribution in [3.63, 3.8) is 0 Å². The lowest BCUT2D eigenvalue weighted by Gasteiger charge is -2.15. The molecular weight excluding hydrogens is 1540 g/mol. The summed E-state index contributed by atoms with van der Waals surface area (Å²) in [6, 6.07) is 9.17. The van der Waals surface area contributed by atoms with E-state index in [1.165, 1.54) is 64.2 Å². The maximum absolute atomic E-state index is 9.68. The molecule has 3 unspecified atom stereocenters. The molecule has 5 saturated carbocycles. The van der Waals surface area contributed by atoms with Gasteiger partial charge in [-0.3, -0.25) is 37.5 Å². The topological polar surface area (TPSA) is 425 Å². The summed E-state index contributed by atoms with van der Waals surface area (Å²) >= 11 is 0. The predicted octanol–water partition coefficient (Wildman–Crippen LogP) is 8.85. The molecule has 0 saturated heterocycles. The molecule has 6 atom stereocenters. The lowest BCUT2D eigenvalue weighted by atomic mass is 10.1. The van der Waals surface area contributed by atoms with Crippen LogP contribution in [0.25, 0.3) is 112 Å². The van der Waals surface area contributed by atoms with Crippen LogP contribution >= 0.6 is 0 Å². The van der Waals surface area contributed by atoms with Crippen molar-refractivity contribution < 1.29 is 40.9 Å². The Labute approximate surface area is 694 Å². The Balaban J connectivity index is 0.000000110. The highest BCUT2D eigenvalue weighted by Gasteiger charge is 2.43. The molecule has 16 aromatic heterocycles. The molecule has 121 heavy (non-hydrogen) atoms. The Kier molecular flexibility index (Phi) is 23.0. The van der Waals surface area contributed by atoms with Gasteiger partial charge in [-0.2, -0.15) is 61.2 Å². The minimum absolute atomic E-state index is 0.187. The van der Waals surface area contributed by atoms with Crippen molar-refractivity contribution in [1.29, 1.82) is 0 Å². The van der Waals surface area contributed by atoms with Crippen LogP contribution in [-0.2, 0) is 19.6 Å². The third-order valence-electron chi connectivity index (χ3n) is 23.7. The van der Waals surface area contributed by atoms with Gasteiger partial charge in [0.1, 0.15) is 0 Å². The van der Waals surface area contributed by atoms with Crippen molar-refractivity contribution in [3.05, 3.63) is 173 Å². The summed E-state index contributed by atoms with van der Waals surface area (Å²) in [5.41, 5.74) is 17.0. The number of hydrogen-bond acceptors (Lipinski definition) is 24. The molecule has 5 aliphatic rings. The summed E-state index contributed by atoms with van der Waals surface area (Å²) in [6.07, 6.45) is 58.1. The second-order valence-electron chi connectivity index (χ2n) is 32.6. The van der Waals surface area contributed by atoms with Gasteiger partial charge in [-0.05, 0) is 137 Å². The normalized spacial score (nSPS) is 16.4. The van der Waals surface area contributed by atoms with E-state index in [1.54, 1.807) is 79.0 Å². The molecule has 36 heteroatoms. The number of aliphatic hydroxyl groups excluding tert-OH is 8. The maximum Gasteiger partial charge on any atom is 0.0999 e. The van der Waals surface area contributed by atoms with E-state index in [1.807, 2.05) is 106 Å². The van der Waals surface area contributed by atoms with Gasteiger partial charge >= 0.3 is 0 Å². The highest BCUT2D eigenvalue weighted by atomic mass is 16.3. The Morgan fingerprint density at radius 2 is 0.545 bits per heavy atom. The molecule has 16 aromatic rings. The predicted molar refractivity (Wildman–Crippen MR) is 445 cm³/mol. The standard InChI is InChI=1S/C22H25N7O2.3C21H25N7O2/c30-13-18(31)11-27-9-16(7-24-27)19-12-28-20(5-6-23-28)21(26-19)17-8-25-29(10-17)22(14-1-2-14)15-3-4-15;1-2-19(14-3-4-14)27-10-16(8-24-27)21-20-5-6-22-28(20)11-18(25-21)15-7-23-26(9-15)17(12-29)13-30;2*1-2-19(14-3-4-14)27-10-16(8-24-27)21-20-5-6-22-28(20)12-18(25-21)15-7-23-26(9-15)11-17(30)13-29/h5-10,12,14-15,18,22,30-31H,1-4,11,13H2;5-11,14,17,19,29-30H,2-4,12-13H2,1H3;2*5-10,12,14,17,19,29-30H,2-4,11,13H2,1H3/t18-;;2*17-,19?/m1.11/s1. The van der Waals surface area contributed by atoms with Gasteiger partial charge < -0.3 is 40.9 Å². The zero-order valence-electron chi connectivity index (χ0n) is 67.6. The van der Waals surface area contributed by atoms with Crippen molar-refractivity contribution in [2.24, 2.45) is 29.6 Å². The average Bonchev–Trinajstić information content (AvgIpc) is 1.64. The van der Waals surface area contributed by atoms with Crippen molar-refractivity contribution in [3.8, 4) is 90.1 Å². The SMILES string of the molecule is CCC(C1CC1)n1cc(-c2nc(-c3cnn(C(CO)CO)c3)cn3nccc23)cn1.CCC(C1CC1)n1cc(-c2nc(-c3cnn(C[C@@H](O)CO)c3)cn3nccc23)cn1.CCC(C1CC1)n1cc(-c2nc(-c3cnn(C[C@@H](O)CO)c3)cn3nccc23)cn1.OC[C@H](O)Cn1cc(-c2cn3nccc3c(-c3cnn(C(C4CC4)C4CC4)c3)n2)cn1. The molecule has 8 N–H and O–H groups in total. The van der Waals surface area contributed by atoms with Gasteiger partial charge in [-0.25, -0.2) is 38.0 Å². The Morgan fingerprint density at radius 1 is 0.289 bits per heavy atom. The number of fused-ring (bicyclic) bond motifs is 4. The van der Waals surface area contributed by atoms with Crippen LogP contribution in [0.1, 0.15) is 134 Å². The molecule has 0 amide bonds. The summed E-state index contributed by atoms with van der Waals surface area (Å²) in [7, 11) is 0. The fourth-order valence-electron chi connectivity index (χ4n) is 16.5. The van der Waals surface area contributed by atoms with E-state index >= 15 is 0 Å². The number of rotatable bonds is 32. The van der Waals surface area contributed by atoms with Gasteiger partial charge in [0.2, 0.25) is 0 Å². The van der Waals surface area contributed by atoms with Gasteiger partial charge in [-0.15, -0.1) is 0 Å². The van der Waals surface area contributed by atoms with Crippen LogP contribution in [0.4, 0.5) is 0 Å². The van der Waals surface area contributed by atoms with Gasteiger partial charge in [-0.1, -0.05) is 20.8 Å². The van der Waals surface area contributed by atoms with Crippen molar-refractivity contribution in [1.82, 2.24) is 137 Å². The third-order valence-corrected chi connectivity index (χ3v) is 23.7. The van der Waals surface area contributed by atoms with Crippen LogP contribution in [0.3, 0.4) is 0 Å². The number of aromatic nitrogens is 28. The number of hydrogen-bond donors (Lipinski definition) is 8. The highest BCUT2D eigenvalue weighted by Crippen LogP contribution is 2.52. The number of aliphatic hydroxyl groups is 8. The molecule has 0 aliphatic heterocycles. The van der Waals surface area contributed by atoms with E-state index in [4.69, 9.17) is 40.4 Å². The van der Waals surface area contributed by atoms with Crippen molar-refractivity contribution in [2.45, 2.75) is 172 Å². The van der Waals surface area contributed by atoms with Gasteiger partial charge in [0.15, 0.2) is 0 Å². The number of nitrogens with zero attached hydrogens (tertiary/aromatic N) is 28. The zero-order chi connectivity index (χ0) is 82.9. The second kappa shape index (κ2) is 34.9. The first-order chi connectivity index (χ1) is 59.2. The van der Waals surface area contributed by atoms with E-state index in [0.29, 0.717) is 29.9 Å². The largest absolute Gasteiger partial charge is 0.394 e. The smallest absolute Gasteiger partial charge is 0.0999 e. The van der Waals surface area contributed by atoms with Gasteiger partial charge in [0, 0.05) is 94.1 Å². The molecule has 628 valence electrons. The summed E-state index contributed by atoms with van der Waals surface area (Å²) in [5.74, 6) is 3.74. The first kappa shape index (κ1) is 79.9. The Morgan fingerprint density at radius 3 is 0.826 bits per heavy atom. The van der Waals surface area contributed by atoms with Crippen LogP contribution in [-0.4, -0.2) is 229 Å². The van der Waals surface area contributed by atoms with E-state index in [-0.39, 0.29) is 52.7 Å². The lowest BCUT2D eigenvalue weighted by molar-refractivity contribution is 0.0782. The minimum atomic E-state index is -0.848. The monoisotopic (exact) mass is 1640 g/mol. The van der Waals surface area contributed by atoms with Crippen LogP contribution in [0.15, 0.2) is 173 Å². The molecule has 0 bridgehead atoms. The maximum atomic E-state index is 9.68. The first-order valence-electron chi connectivity index (χ1n) is 42.0. The molecule has 16 heterocycles. The molecule has 5 fully saturated rings. The highest BCUT2D eigenvalue weighted by molar-refractivity contribution is 5.81. The quantitative estimate of drug-likeness (QED) is 0.0195. The molecular formula is C85H100N28O8. The molecule has 36 nitrogen and oxygen atoms in total. The summed E-state index contributed by atoms with van der Waals surface area (Å²) in [5, 5.41) is 128. The first-order valence-corrected chi connectivity index (χ1v) is 42.0. The van der Waals surface area contributed by atoms with Gasteiger partial charge in [0.05, 0.1) is 268 Å². The molecule has 0 aromatic carbocycles. The summed E-state index contributed by atoms with van der Waals surface area (Å²) < 4.78 is 22.1. The molecule has 21 rings (SSSR count). The molecule has 0 spiro atoms. The van der Waals surface area contributed by atoms with E-state index in [9.17, 15) is 25.5 Å². The van der Waals surface area contributed by atoms with Gasteiger partial charge in [0.25, 0.3) is 0 Å². The van der Waals surface area contributed by atoms with E-state index in [2.05, 4.69) is 120 Å². The van der Waals surface area contributed by atoms with Crippen LogP contribution in [0.5, 0.6) is 0 Å². The van der Waals surface area contributed by atoms with Crippen LogP contribution in [0.2, 0.25) is 0 Å². The zero-order valence-corrected chi connectivity index (χ0v) is 67.6. The minimum Gasteiger partial charge on any atom is -0.394 e. The van der Waals surface area contributed by atoms with Crippen LogP contribution < -0.4 is 0 Å². The Bertz CT molecular complexity index is 5970. The second-order valence-corrected chi connectivity index (χ2v) is 32.6. The van der Waals surface area contributed by atoms with E-state index < -0.39 is 24.4 Å². The van der Waals surface area contributed by atoms with Crippen molar-refractivity contribution >= 4 is 22.1 Å². The summed E-state index contributed by atoms with van der Waals surface area (Å²) in [4.78, 5) is 19.7. The van der Waals surface area contributed by atoms with Crippen molar-refractivity contribution in [2.75, 3.05) is 33.0 Å². The average molecular weight is 1640 g/mol. The fraction of sp³-hybridized carbons (Fsp3) is 0.435. The molecule has 0 radical (unpaired) electrons.